The quantitative estimate of drug-likeness (QED) is 0.388. The lowest BCUT2D eigenvalue weighted by Gasteiger charge is -2.64. The molecule has 7 nitrogen and oxygen atoms in total. The van der Waals surface area contributed by atoms with Gasteiger partial charge in [0.1, 0.15) is 52.9 Å². The van der Waals surface area contributed by atoms with Crippen LogP contribution in [0.4, 0.5) is 11.8 Å². The maximum absolute atomic E-state index is 12.1. The van der Waals surface area contributed by atoms with Crippen molar-refractivity contribution in [1.82, 2.24) is 9.97 Å². The van der Waals surface area contributed by atoms with Crippen molar-refractivity contribution in [3.8, 4) is 0 Å². The molecule has 1 aliphatic rings. The van der Waals surface area contributed by atoms with E-state index in [0.29, 0.717) is 11.8 Å². The van der Waals surface area contributed by atoms with E-state index in [1.165, 1.54) is 6.20 Å². The fraction of sp³-hybridized carbons (Fsp3) is 0.688. The molecule has 0 aliphatic heterocycles. The van der Waals surface area contributed by atoms with E-state index in [9.17, 15) is 9.90 Å². The van der Waals surface area contributed by atoms with Crippen LogP contribution < -0.4 is 16.4 Å². The van der Waals surface area contributed by atoms with Crippen LogP contribution in [-0.4, -0.2) is 85.1 Å². The van der Waals surface area contributed by atoms with Crippen LogP contribution in [0.1, 0.15) is 38.1 Å². The maximum Gasteiger partial charge on any atom is 0.254 e. The Labute approximate surface area is 180 Å². The number of aliphatic hydroxyl groups excluding tert-OH is 1. The van der Waals surface area contributed by atoms with Crippen LogP contribution in [-0.2, 0) is 0 Å². The molecule has 1 heterocycles. The van der Waals surface area contributed by atoms with Crippen molar-refractivity contribution < 1.29 is 9.90 Å². The molecule has 2 rings (SSSR count). The van der Waals surface area contributed by atoms with Crippen molar-refractivity contribution in [3.63, 3.8) is 0 Å². The van der Waals surface area contributed by atoms with Crippen LogP contribution in [0.15, 0.2) is 6.20 Å². The zero-order valence-corrected chi connectivity index (χ0v) is 19.6. The first kappa shape index (κ1) is 23.8. The molecular formula is C16H33B6N5O2. The lowest BCUT2D eigenvalue weighted by atomic mass is 9.22. The Morgan fingerprint density at radius 3 is 2.24 bits per heavy atom. The second kappa shape index (κ2) is 7.33. The number of anilines is 2. The van der Waals surface area contributed by atoms with Gasteiger partial charge in [-0.3, -0.25) is 4.79 Å². The predicted molar refractivity (Wildman–Crippen MR) is 136 cm³/mol. The van der Waals surface area contributed by atoms with Gasteiger partial charge in [0.2, 0.25) is 5.95 Å². The monoisotopic (exact) mass is 393 g/mol. The number of amides is 1. The zero-order valence-electron chi connectivity index (χ0n) is 19.6. The number of aliphatic hydroxyl groups is 1. The summed E-state index contributed by atoms with van der Waals surface area (Å²) in [6.45, 7) is 8.16. The Bertz CT molecular complexity index is 802. The van der Waals surface area contributed by atoms with Crippen LogP contribution in [0.2, 0.25) is 22.2 Å². The summed E-state index contributed by atoms with van der Waals surface area (Å²) in [7, 11) is 12.7. The van der Waals surface area contributed by atoms with E-state index < -0.39 is 22.7 Å². The van der Waals surface area contributed by atoms with Gasteiger partial charge < -0.3 is 21.5 Å². The summed E-state index contributed by atoms with van der Waals surface area (Å²) in [5.41, 5.74) is 5.07. The number of nitrogens with one attached hydrogen (secondary N) is 2. The Morgan fingerprint density at radius 2 is 1.76 bits per heavy atom. The normalized spacial score (nSPS) is 34.3. The highest BCUT2D eigenvalue weighted by Gasteiger charge is 2.60. The topological polar surface area (TPSA) is 113 Å². The SMILES string of the molecule is BC1C(B)C(B)(Nc2nc(NC(C)(C)C)ncc2C(N)=O)C(B)(B)C(O)C1(B)C. The molecule has 0 radical (unpaired) electrons. The zero-order chi connectivity index (χ0) is 22.6. The van der Waals surface area contributed by atoms with Gasteiger partial charge in [-0.15, -0.1) is 0 Å². The van der Waals surface area contributed by atoms with Crippen molar-refractivity contribution >= 4 is 64.8 Å². The third-order valence-corrected chi connectivity index (χ3v) is 7.48. The standard InChI is InChI=1S/C16H33B6N5O2/c1-13(2,3)27-12-24-5-6(9(23)28)10(25-12)26-16(22)8(18)7(17)14(4,19)11(29)15(16,20)21/h5,7-8,11,29H,17-22H2,1-4H3,(H2,23,28)(H2,24,25,26,27). The molecule has 29 heavy (non-hydrogen) atoms. The first-order chi connectivity index (χ1) is 12.9. The van der Waals surface area contributed by atoms with Crippen LogP contribution in [0.25, 0.3) is 0 Å². The number of nitrogens with zero attached hydrogens (tertiary/aromatic N) is 2. The molecule has 1 amide bonds. The van der Waals surface area contributed by atoms with Gasteiger partial charge in [-0.25, -0.2) is 4.98 Å². The lowest BCUT2D eigenvalue weighted by Crippen LogP contribution is -2.66. The van der Waals surface area contributed by atoms with Crippen LogP contribution in [0.3, 0.4) is 0 Å². The summed E-state index contributed by atoms with van der Waals surface area (Å²) >= 11 is 0. The minimum Gasteiger partial charge on any atom is -0.394 e. The highest BCUT2D eigenvalue weighted by molar-refractivity contribution is 6.49. The van der Waals surface area contributed by atoms with Gasteiger partial charge in [-0.05, 0) is 36.7 Å². The van der Waals surface area contributed by atoms with Crippen molar-refractivity contribution in [2.45, 2.75) is 66.9 Å². The average Bonchev–Trinajstić information content (AvgIpc) is 2.56. The summed E-state index contributed by atoms with van der Waals surface area (Å²) in [5, 5.41) is 17.3. The summed E-state index contributed by atoms with van der Waals surface area (Å²) in [6.07, 6.45) is 0.907. The molecule has 1 fully saturated rings. The van der Waals surface area contributed by atoms with Crippen molar-refractivity contribution in [2.75, 3.05) is 10.6 Å². The fourth-order valence-corrected chi connectivity index (χ4v) is 4.77. The summed E-state index contributed by atoms with van der Waals surface area (Å²) < 4.78 is 0. The number of hydrogen-bond acceptors (Lipinski definition) is 6. The molecule has 5 N–H and O–H groups in total. The molecule has 152 valence electrons. The number of primary amides is 1. The summed E-state index contributed by atoms with van der Waals surface area (Å²) in [4.78, 5) is 20.9. The number of rotatable bonds is 4. The third kappa shape index (κ3) is 4.07. The molecule has 0 saturated heterocycles. The molecular weight excluding hydrogens is 359 g/mol. The van der Waals surface area contributed by atoms with Crippen molar-refractivity contribution in [3.05, 3.63) is 11.8 Å². The lowest BCUT2D eigenvalue weighted by molar-refractivity contribution is 0.0630. The molecule has 0 aromatic carbocycles. The first-order valence-electron chi connectivity index (χ1n) is 10.4. The molecule has 1 aromatic heterocycles. The maximum atomic E-state index is 12.1. The highest BCUT2D eigenvalue weighted by atomic mass is 16.3. The smallest absolute Gasteiger partial charge is 0.254 e. The van der Waals surface area contributed by atoms with E-state index in [-0.39, 0.29) is 28.1 Å². The van der Waals surface area contributed by atoms with E-state index in [4.69, 9.17) is 5.73 Å². The number of aromatic nitrogens is 2. The molecule has 13 heteroatoms. The summed E-state index contributed by atoms with van der Waals surface area (Å²) in [5.74, 6) is 0.637. The molecule has 1 aromatic rings. The van der Waals surface area contributed by atoms with Gasteiger partial charge in [-0.2, -0.15) is 4.98 Å². The molecule has 1 saturated carbocycles. The molecule has 1 aliphatic carbocycles. The molecule has 0 bridgehead atoms. The van der Waals surface area contributed by atoms with Gasteiger partial charge >= 0.3 is 0 Å². The minimum atomic E-state index is -0.589. The Kier molecular flexibility index (Phi) is 6.01. The van der Waals surface area contributed by atoms with Crippen LogP contribution >= 0.6 is 0 Å². The average molecular weight is 392 g/mol. The second-order valence-electron chi connectivity index (χ2n) is 11.0. The van der Waals surface area contributed by atoms with E-state index in [2.05, 4.69) is 74.6 Å². The second-order valence-corrected chi connectivity index (χ2v) is 11.0. The fourth-order valence-electron chi connectivity index (χ4n) is 4.77. The number of nitrogens with two attached hydrogens (primary N) is 1. The van der Waals surface area contributed by atoms with E-state index in [0.717, 1.165) is 0 Å². The molecule has 5 atom stereocenters. The van der Waals surface area contributed by atoms with Crippen LogP contribution in [0.5, 0.6) is 0 Å². The first-order valence-corrected chi connectivity index (χ1v) is 10.4. The van der Waals surface area contributed by atoms with Gasteiger partial charge in [0.05, 0.1) is 5.56 Å². The minimum absolute atomic E-state index is 0.186. The number of hydrogen-bond donors (Lipinski definition) is 4. The number of carbonyl (C=O) groups excluding carboxylic acids is 1. The molecule has 0 spiro atoms. The molecule has 5 unspecified atom stereocenters. The highest BCUT2D eigenvalue weighted by Crippen LogP contribution is 2.63. The van der Waals surface area contributed by atoms with E-state index >= 15 is 0 Å². The van der Waals surface area contributed by atoms with Crippen LogP contribution in [0, 0.1) is 0 Å². The van der Waals surface area contributed by atoms with Crippen molar-refractivity contribution in [1.29, 1.82) is 0 Å². The Hall–Kier alpha value is -1.50. The van der Waals surface area contributed by atoms with Gasteiger partial charge in [0.15, 0.2) is 0 Å². The van der Waals surface area contributed by atoms with E-state index in [1.807, 2.05) is 20.8 Å². The Morgan fingerprint density at radius 1 is 1.21 bits per heavy atom. The van der Waals surface area contributed by atoms with Gasteiger partial charge in [0, 0.05) is 17.8 Å². The largest absolute Gasteiger partial charge is 0.394 e. The number of carbonyl (C=O) groups is 1. The third-order valence-electron chi connectivity index (χ3n) is 7.48. The summed E-state index contributed by atoms with van der Waals surface area (Å²) in [6, 6.07) is 0. The van der Waals surface area contributed by atoms with Gasteiger partial charge in [0.25, 0.3) is 5.91 Å². The van der Waals surface area contributed by atoms with Gasteiger partial charge in [-0.1, -0.05) is 18.6 Å². The predicted octanol–water partition coefficient (Wildman–Crippen LogP) is -4.06. The Balaban J connectivity index is 2.57. The van der Waals surface area contributed by atoms with Crippen molar-refractivity contribution in [2.24, 2.45) is 5.73 Å². The van der Waals surface area contributed by atoms with E-state index in [1.54, 1.807) is 0 Å².